The Bertz CT molecular complexity index is 917. The fraction of sp³-hybridized carbons (Fsp3) is 0. The Morgan fingerprint density at radius 1 is 1.15 bits per heavy atom. The molecule has 0 amide bonds. The molecule has 0 atom stereocenters. The van der Waals surface area contributed by atoms with Crippen LogP contribution in [0.25, 0.3) is 32.3 Å². The van der Waals surface area contributed by atoms with Crippen molar-refractivity contribution in [3.8, 4) is 22.1 Å². The van der Waals surface area contributed by atoms with Crippen molar-refractivity contribution in [2.24, 2.45) is 0 Å². The first-order valence-corrected chi connectivity index (χ1v) is 7.59. The molecule has 4 aromatic heterocycles. The van der Waals surface area contributed by atoms with Crippen LogP contribution < -0.4 is 5.63 Å². The minimum absolute atomic E-state index is 0.215. The second-order valence-corrected chi connectivity index (χ2v) is 5.90. The van der Waals surface area contributed by atoms with E-state index in [1.165, 1.54) is 17.6 Å². The monoisotopic (exact) mass is 301 g/mol. The van der Waals surface area contributed by atoms with Gasteiger partial charge in [0.25, 0.3) is 5.89 Å². The SMILES string of the molecule is O=c1oc(-c2ccco2)nc2scc(-c3cccs3)c12. The van der Waals surface area contributed by atoms with Gasteiger partial charge in [0, 0.05) is 15.8 Å². The summed E-state index contributed by atoms with van der Waals surface area (Å²) >= 11 is 3.02. The number of furan rings is 1. The molecule has 0 unspecified atom stereocenters. The van der Waals surface area contributed by atoms with E-state index in [0.29, 0.717) is 16.0 Å². The molecule has 0 bridgehead atoms. The van der Waals surface area contributed by atoms with E-state index in [1.807, 2.05) is 22.9 Å². The molecule has 0 N–H and O–H groups in total. The maximum atomic E-state index is 12.2. The molecule has 0 saturated carbocycles. The topological polar surface area (TPSA) is 56.2 Å². The van der Waals surface area contributed by atoms with E-state index in [1.54, 1.807) is 23.5 Å². The van der Waals surface area contributed by atoms with Gasteiger partial charge in [0.2, 0.25) is 0 Å². The Balaban J connectivity index is 1.98. The van der Waals surface area contributed by atoms with Crippen LogP contribution in [0.3, 0.4) is 0 Å². The number of thiophene rings is 2. The summed E-state index contributed by atoms with van der Waals surface area (Å²) in [5, 5.41) is 4.45. The quantitative estimate of drug-likeness (QED) is 0.555. The van der Waals surface area contributed by atoms with Crippen molar-refractivity contribution in [1.82, 2.24) is 4.98 Å². The molecule has 0 radical (unpaired) electrons. The minimum atomic E-state index is -0.383. The van der Waals surface area contributed by atoms with Gasteiger partial charge >= 0.3 is 5.63 Å². The van der Waals surface area contributed by atoms with Gasteiger partial charge in [-0.15, -0.1) is 22.7 Å². The summed E-state index contributed by atoms with van der Waals surface area (Å²) in [5.74, 6) is 0.669. The summed E-state index contributed by atoms with van der Waals surface area (Å²) in [6.45, 7) is 0. The molecule has 0 fully saturated rings. The van der Waals surface area contributed by atoms with E-state index in [9.17, 15) is 4.79 Å². The molecule has 0 aliphatic carbocycles. The summed E-state index contributed by atoms with van der Waals surface area (Å²) < 4.78 is 10.5. The molecule has 4 nitrogen and oxygen atoms in total. The highest BCUT2D eigenvalue weighted by Gasteiger charge is 2.16. The van der Waals surface area contributed by atoms with Crippen LogP contribution in [0.1, 0.15) is 0 Å². The van der Waals surface area contributed by atoms with E-state index in [-0.39, 0.29) is 11.5 Å². The normalized spacial score (nSPS) is 11.2. The fourth-order valence-electron chi connectivity index (χ4n) is 2.00. The summed E-state index contributed by atoms with van der Waals surface area (Å²) in [5.41, 5.74) is 0.498. The summed E-state index contributed by atoms with van der Waals surface area (Å²) in [4.78, 5) is 18.3. The molecular weight excluding hydrogens is 294 g/mol. The summed E-state index contributed by atoms with van der Waals surface area (Å²) in [6, 6.07) is 7.37. The number of fused-ring (bicyclic) bond motifs is 1. The fourth-order valence-corrected chi connectivity index (χ4v) is 3.74. The Hall–Kier alpha value is -2.18. The highest BCUT2D eigenvalue weighted by molar-refractivity contribution is 7.18. The second kappa shape index (κ2) is 4.43. The third kappa shape index (κ3) is 1.73. The Kier molecular flexibility index (Phi) is 2.58. The van der Waals surface area contributed by atoms with Gasteiger partial charge in [0.05, 0.1) is 6.26 Å². The van der Waals surface area contributed by atoms with Crippen LogP contribution in [-0.4, -0.2) is 4.98 Å². The number of aromatic nitrogens is 1. The Labute approximate surface area is 120 Å². The molecule has 6 heteroatoms. The molecular formula is C14H7NO3S2. The van der Waals surface area contributed by atoms with Gasteiger partial charge in [-0.3, -0.25) is 0 Å². The van der Waals surface area contributed by atoms with Crippen molar-refractivity contribution in [2.45, 2.75) is 0 Å². The van der Waals surface area contributed by atoms with Crippen LogP contribution in [0.2, 0.25) is 0 Å². The van der Waals surface area contributed by atoms with E-state index in [0.717, 1.165) is 10.4 Å². The lowest BCUT2D eigenvalue weighted by Gasteiger charge is -1.96. The van der Waals surface area contributed by atoms with Gasteiger partial charge in [-0.1, -0.05) is 6.07 Å². The smallest absolute Gasteiger partial charge is 0.348 e. The van der Waals surface area contributed by atoms with Gasteiger partial charge in [0.1, 0.15) is 10.2 Å². The van der Waals surface area contributed by atoms with Crippen LogP contribution in [0, 0.1) is 0 Å². The zero-order valence-corrected chi connectivity index (χ0v) is 11.7. The number of hydrogen-bond acceptors (Lipinski definition) is 6. The van der Waals surface area contributed by atoms with Crippen LogP contribution in [-0.2, 0) is 0 Å². The van der Waals surface area contributed by atoms with Crippen molar-refractivity contribution < 1.29 is 8.83 Å². The van der Waals surface area contributed by atoms with Crippen molar-refractivity contribution in [2.75, 3.05) is 0 Å². The molecule has 0 saturated heterocycles. The first-order chi connectivity index (χ1) is 9.83. The van der Waals surface area contributed by atoms with Gasteiger partial charge < -0.3 is 8.83 Å². The molecule has 98 valence electrons. The molecule has 20 heavy (non-hydrogen) atoms. The number of hydrogen-bond donors (Lipinski definition) is 0. The lowest BCUT2D eigenvalue weighted by molar-refractivity contribution is 0.483. The standard InChI is InChI=1S/C14H7NO3S2/c16-14-11-8(10-4-2-6-19-10)7-20-13(11)15-12(18-14)9-3-1-5-17-9/h1-7H. The van der Waals surface area contributed by atoms with Crippen molar-refractivity contribution in [3.05, 3.63) is 51.7 Å². The largest absolute Gasteiger partial charge is 0.459 e. The van der Waals surface area contributed by atoms with Gasteiger partial charge in [-0.05, 0) is 23.6 Å². The first kappa shape index (κ1) is 11.6. The Morgan fingerprint density at radius 2 is 2.10 bits per heavy atom. The van der Waals surface area contributed by atoms with Crippen molar-refractivity contribution in [3.63, 3.8) is 0 Å². The maximum Gasteiger partial charge on any atom is 0.348 e. The van der Waals surface area contributed by atoms with E-state index in [4.69, 9.17) is 8.83 Å². The molecule has 0 aliphatic heterocycles. The van der Waals surface area contributed by atoms with E-state index < -0.39 is 0 Å². The van der Waals surface area contributed by atoms with Gasteiger partial charge in [0.15, 0.2) is 5.76 Å². The lowest BCUT2D eigenvalue weighted by Crippen LogP contribution is -2.01. The lowest BCUT2D eigenvalue weighted by atomic mass is 10.2. The highest BCUT2D eigenvalue weighted by Crippen LogP contribution is 2.34. The zero-order chi connectivity index (χ0) is 13.5. The Morgan fingerprint density at radius 3 is 2.85 bits per heavy atom. The third-order valence-electron chi connectivity index (χ3n) is 2.89. The van der Waals surface area contributed by atoms with Gasteiger partial charge in [-0.2, -0.15) is 4.98 Å². The van der Waals surface area contributed by atoms with Gasteiger partial charge in [-0.25, -0.2) is 4.79 Å². The predicted molar refractivity (Wildman–Crippen MR) is 79.2 cm³/mol. The van der Waals surface area contributed by atoms with Crippen LogP contribution >= 0.6 is 22.7 Å². The average molecular weight is 301 g/mol. The molecule has 0 aromatic carbocycles. The molecule has 0 spiro atoms. The molecule has 4 aromatic rings. The molecule has 4 rings (SSSR count). The zero-order valence-electron chi connectivity index (χ0n) is 10.0. The summed E-state index contributed by atoms with van der Waals surface area (Å²) in [6.07, 6.45) is 1.52. The maximum absolute atomic E-state index is 12.2. The van der Waals surface area contributed by atoms with Crippen molar-refractivity contribution in [1.29, 1.82) is 0 Å². The van der Waals surface area contributed by atoms with Crippen molar-refractivity contribution >= 4 is 32.9 Å². The molecule has 4 heterocycles. The minimum Gasteiger partial charge on any atom is -0.459 e. The van der Waals surface area contributed by atoms with Crippen LogP contribution in [0.5, 0.6) is 0 Å². The third-order valence-corrected chi connectivity index (χ3v) is 4.66. The van der Waals surface area contributed by atoms with E-state index in [2.05, 4.69) is 4.98 Å². The van der Waals surface area contributed by atoms with E-state index >= 15 is 0 Å². The average Bonchev–Trinajstić information content (AvgIpc) is 3.19. The molecule has 0 aliphatic rings. The highest BCUT2D eigenvalue weighted by atomic mass is 32.1. The predicted octanol–water partition coefficient (Wildman–Crippen LogP) is 4.24. The van der Waals surface area contributed by atoms with Crippen LogP contribution in [0.15, 0.2) is 54.9 Å². The first-order valence-electron chi connectivity index (χ1n) is 5.83. The number of nitrogens with zero attached hydrogens (tertiary/aromatic N) is 1. The van der Waals surface area contributed by atoms with Crippen LogP contribution in [0.4, 0.5) is 0 Å². The number of rotatable bonds is 2. The second-order valence-electron chi connectivity index (χ2n) is 4.09. The summed E-state index contributed by atoms with van der Waals surface area (Å²) in [7, 11) is 0.